The van der Waals surface area contributed by atoms with Gasteiger partial charge in [-0.25, -0.2) is 14.5 Å². The van der Waals surface area contributed by atoms with E-state index in [4.69, 9.17) is 9.15 Å². The molecule has 10 nitrogen and oxygen atoms in total. The Kier molecular flexibility index (Phi) is 5.34. The summed E-state index contributed by atoms with van der Waals surface area (Å²) in [5.41, 5.74) is 0.855. The molecule has 0 aromatic carbocycles. The highest BCUT2D eigenvalue weighted by molar-refractivity contribution is 5.86. The fourth-order valence-corrected chi connectivity index (χ4v) is 3.51. The molecule has 3 aromatic rings. The van der Waals surface area contributed by atoms with Gasteiger partial charge in [-0.05, 0) is 26.0 Å². The number of nitrogens with one attached hydrogen (secondary N) is 1. The first-order valence-electron chi connectivity index (χ1n) is 9.80. The Morgan fingerprint density at radius 1 is 1.28 bits per heavy atom. The van der Waals surface area contributed by atoms with Crippen molar-refractivity contribution in [2.45, 2.75) is 26.9 Å². The van der Waals surface area contributed by atoms with Crippen molar-refractivity contribution in [3.8, 4) is 0 Å². The molecule has 0 unspecified atom stereocenters. The summed E-state index contributed by atoms with van der Waals surface area (Å²) in [7, 11) is 0. The molecule has 1 aliphatic rings. The van der Waals surface area contributed by atoms with Crippen molar-refractivity contribution in [1.29, 1.82) is 0 Å². The second kappa shape index (κ2) is 8.08. The molecule has 0 atom stereocenters. The van der Waals surface area contributed by atoms with E-state index in [2.05, 4.69) is 20.3 Å². The zero-order chi connectivity index (χ0) is 20.4. The van der Waals surface area contributed by atoms with E-state index >= 15 is 0 Å². The molecule has 10 heteroatoms. The highest BCUT2D eigenvalue weighted by Crippen LogP contribution is 2.20. The predicted octanol–water partition coefficient (Wildman–Crippen LogP) is 0.841. The number of imidazole rings is 1. The maximum atomic E-state index is 13.1. The number of furan rings is 1. The average molecular weight is 400 g/mol. The topological polar surface area (TPSA) is 107 Å². The van der Waals surface area contributed by atoms with E-state index in [0.29, 0.717) is 23.3 Å². The number of ether oxygens (including phenoxy) is 1. The van der Waals surface area contributed by atoms with Gasteiger partial charge >= 0.3 is 5.97 Å². The van der Waals surface area contributed by atoms with Gasteiger partial charge in [0.05, 0.1) is 12.8 Å². The van der Waals surface area contributed by atoms with Crippen LogP contribution in [0.4, 0.5) is 5.95 Å². The van der Waals surface area contributed by atoms with Crippen LogP contribution in [-0.4, -0.2) is 58.1 Å². The number of carbonyl (C=O) groups is 1. The molecule has 154 valence electrons. The summed E-state index contributed by atoms with van der Waals surface area (Å²) in [4.78, 5) is 31.7. The minimum Gasteiger partial charge on any atom is -0.460 e. The van der Waals surface area contributed by atoms with E-state index in [1.807, 2.05) is 11.5 Å². The van der Waals surface area contributed by atoms with Crippen LogP contribution in [-0.2, 0) is 17.8 Å². The standard InChI is InChI=1S/C19H24N6O4/c1-3-24-16-14(22-19(24)23-9-7-20-8-10-23)11-21-25(17(16)26)12-13-5-6-15(29-13)18(27)28-4-2/h5-6,11,20H,3-4,7-10,12H2,1-2H3. The van der Waals surface area contributed by atoms with Crippen LogP contribution >= 0.6 is 0 Å². The zero-order valence-electron chi connectivity index (χ0n) is 16.6. The van der Waals surface area contributed by atoms with Gasteiger partial charge in [0.25, 0.3) is 5.56 Å². The Morgan fingerprint density at radius 2 is 2.07 bits per heavy atom. The highest BCUT2D eigenvalue weighted by Gasteiger charge is 2.21. The van der Waals surface area contributed by atoms with E-state index in [0.717, 1.165) is 32.1 Å². The Bertz CT molecular complexity index is 1080. The number of rotatable bonds is 6. The molecule has 0 spiro atoms. The lowest BCUT2D eigenvalue weighted by Crippen LogP contribution is -2.44. The number of nitrogens with zero attached hydrogens (tertiary/aromatic N) is 5. The van der Waals surface area contributed by atoms with Gasteiger partial charge in [-0.3, -0.25) is 4.79 Å². The van der Waals surface area contributed by atoms with Gasteiger partial charge in [0.15, 0.2) is 0 Å². The lowest BCUT2D eigenvalue weighted by atomic mass is 10.4. The summed E-state index contributed by atoms with van der Waals surface area (Å²) in [6.07, 6.45) is 1.60. The second-order valence-corrected chi connectivity index (χ2v) is 6.72. The van der Waals surface area contributed by atoms with Crippen LogP contribution in [0.5, 0.6) is 0 Å². The predicted molar refractivity (Wildman–Crippen MR) is 106 cm³/mol. The van der Waals surface area contributed by atoms with E-state index < -0.39 is 5.97 Å². The third-order valence-electron chi connectivity index (χ3n) is 4.89. The molecule has 1 aliphatic heterocycles. The molecule has 0 amide bonds. The molecule has 1 fully saturated rings. The van der Waals surface area contributed by atoms with Gasteiger partial charge in [-0.1, -0.05) is 0 Å². The van der Waals surface area contributed by atoms with E-state index in [9.17, 15) is 9.59 Å². The van der Waals surface area contributed by atoms with E-state index in [1.54, 1.807) is 19.2 Å². The van der Waals surface area contributed by atoms with Gasteiger partial charge in [0.1, 0.15) is 23.3 Å². The van der Waals surface area contributed by atoms with Crippen molar-refractivity contribution >= 4 is 23.0 Å². The minimum absolute atomic E-state index is 0.107. The smallest absolute Gasteiger partial charge is 0.374 e. The number of fused-ring (bicyclic) bond motifs is 1. The summed E-state index contributed by atoms with van der Waals surface area (Å²) in [6.45, 7) is 8.19. The molecule has 1 saturated heterocycles. The molecule has 0 saturated carbocycles. The van der Waals surface area contributed by atoms with Crippen LogP contribution in [0.25, 0.3) is 11.0 Å². The Balaban J connectivity index is 1.67. The summed E-state index contributed by atoms with van der Waals surface area (Å²) < 4.78 is 13.7. The van der Waals surface area contributed by atoms with Crippen LogP contribution in [0.3, 0.4) is 0 Å². The molecule has 1 N–H and O–H groups in total. The van der Waals surface area contributed by atoms with E-state index in [1.165, 1.54) is 10.7 Å². The first-order chi connectivity index (χ1) is 14.1. The Morgan fingerprint density at radius 3 is 2.79 bits per heavy atom. The number of carbonyl (C=O) groups excluding carboxylic acids is 1. The zero-order valence-corrected chi connectivity index (χ0v) is 16.6. The lowest BCUT2D eigenvalue weighted by molar-refractivity contribution is 0.0487. The SMILES string of the molecule is CCOC(=O)c1ccc(Cn2ncc3nc(N4CCNCC4)n(CC)c3c2=O)o1. The van der Waals surface area contributed by atoms with Crippen LogP contribution in [0.15, 0.2) is 27.5 Å². The van der Waals surface area contributed by atoms with Gasteiger partial charge < -0.3 is 23.9 Å². The Hall–Kier alpha value is -3.14. The molecule has 29 heavy (non-hydrogen) atoms. The molecule has 4 heterocycles. The number of aryl methyl sites for hydroxylation is 1. The summed E-state index contributed by atoms with van der Waals surface area (Å²) in [5.74, 6) is 0.824. The number of hydrogen-bond acceptors (Lipinski definition) is 8. The largest absolute Gasteiger partial charge is 0.460 e. The Labute approximate surface area is 167 Å². The normalized spacial score (nSPS) is 14.5. The maximum absolute atomic E-state index is 13.1. The van der Waals surface area contributed by atoms with Crippen molar-refractivity contribution in [2.24, 2.45) is 0 Å². The quantitative estimate of drug-likeness (QED) is 0.607. The molecular formula is C19H24N6O4. The second-order valence-electron chi connectivity index (χ2n) is 6.72. The average Bonchev–Trinajstić information content (AvgIpc) is 3.36. The number of anilines is 1. The fraction of sp³-hybridized carbons (Fsp3) is 0.474. The summed E-state index contributed by atoms with van der Waals surface area (Å²) in [5, 5.41) is 7.57. The van der Waals surface area contributed by atoms with Crippen LogP contribution < -0.4 is 15.8 Å². The van der Waals surface area contributed by atoms with Gasteiger partial charge in [-0.2, -0.15) is 5.10 Å². The summed E-state index contributed by atoms with van der Waals surface area (Å²) >= 11 is 0. The van der Waals surface area contributed by atoms with Crippen molar-refractivity contribution < 1.29 is 13.9 Å². The lowest BCUT2D eigenvalue weighted by Gasteiger charge is -2.28. The van der Waals surface area contributed by atoms with E-state index in [-0.39, 0.29) is 24.5 Å². The van der Waals surface area contributed by atoms with Crippen molar-refractivity contribution in [1.82, 2.24) is 24.6 Å². The third kappa shape index (κ3) is 3.63. The molecule has 4 rings (SSSR count). The molecule has 0 radical (unpaired) electrons. The van der Waals surface area contributed by atoms with Crippen molar-refractivity contribution in [3.63, 3.8) is 0 Å². The number of hydrogen-bond donors (Lipinski definition) is 1. The highest BCUT2D eigenvalue weighted by atomic mass is 16.5. The maximum Gasteiger partial charge on any atom is 0.374 e. The molecule has 0 aliphatic carbocycles. The first-order valence-corrected chi connectivity index (χ1v) is 9.80. The molecule has 0 bridgehead atoms. The van der Waals surface area contributed by atoms with Crippen LogP contribution in [0.1, 0.15) is 30.2 Å². The summed E-state index contributed by atoms with van der Waals surface area (Å²) in [6, 6.07) is 3.18. The van der Waals surface area contributed by atoms with Gasteiger partial charge in [0.2, 0.25) is 11.7 Å². The van der Waals surface area contributed by atoms with Crippen molar-refractivity contribution in [3.05, 3.63) is 40.2 Å². The first kappa shape index (κ1) is 19.2. The minimum atomic E-state index is -0.528. The fourth-order valence-electron chi connectivity index (χ4n) is 3.51. The van der Waals surface area contributed by atoms with Crippen LogP contribution in [0, 0.1) is 0 Å². The molecule has 3 aromatic heterocycles. The number of aromatic nitrogens is 4. The number of esters is 1. The van der Waals surface area contributed by atoms with Gasteiger partial charge in [0, 0.05) is 32.7 Å². The van der Waals surface area contributed by atoms with Gasteiger partial charge in [-0.15, -0.1) is 0 Å². The van der Waals surface area contributed by atoms with Crippen molar-refractivity contribution in [2.75, 3.05) is 37.7 Å². The number of piperazine rings is 1. The monoisotopic (exact) mass is 400 g/mol. The molecular weight excluding hydrogens is 376 g/mol. The van der Waals surface area contributed by atoms with Crippen LogP contribution in [0.2, 0.25) is 0 Å². The third-order valence-corrected chi connectivity index (χ3v) is 4.89.